The van der Waals surface area contributed by atoms with Crippen LogP contribution in [-0.4, -0.2) is 55.3 Å². The molecule has 9 heteroatoms. The lowest BCUT2D eigenvalue weighted by atomic mass is 10.0. The molecule has 0 radical (unpaired) electrons. The second kappa shape index (κ2) is 56.1. The Labute approximate surface area is 408 Å². The number of carbonyl (C=O) groups is 4. The summed E-state index contributed by atoms with van der Waals surface area (Å²) in [7, 11) is 0. The summed E-state index contributed by atoms with van der Waals surface area (Å²) in [5, 5.41) is 8.08. The number of ether oxygens (including phenoxy) is 3. The minimum Gasteiger partial charge on any atom is -0.478 e. The van der Waals surface area contributed by atoms with Crippen molar-refractivity contribution < 1.29 is 38.5 Å². The van der Waals surface area contributed by atoms with Gasteiger partial charge in [0.25, 0.3) is 0 Å². The monoisotopic (exact) mass is 934 g/mol. The molecule has 0 aliphatic rings. The molecule has 0 aromatic carbocycles. The molecule has 388 valence electrons. The maximum absolute atomic E-state index is 11.2. The Kier molecular flexibility index (Phi) is 59.0. The lowest BCUT2D eigenvalue weighted by molar-refractivity contribution is -0.140. The summed E-state index contributed by atoms with van der Waals surface area (Å²) in [5.74, 6) is -1.61. The Morgan fingerprint density at radius 2 is 0.667 bits per heavy atom. The molecule has 0 bridgehead atoms. The number of hydrogen-bond acceptors (Lipinski definition) is 8. The fraction of sp³-hybridized carbons (Fsp3) is 0.789. The van der Waals surface area contributed by atoms with Gasteiger partial charge in [-0.1, -0.05) is 254 Å². The van der Waals surface area contributed by atoms with Crippen molar-refractivity contribution in [3.63, 3.8) is 0 Å². The first-order valence-corrected chi connectivity index (χ1v) is 26.8. The molecule has 0 spiro atoms. The van der Waals surface area contributed by atoms with E-state index in [1.54, 1.807) is 20.8 Å². The summed E-state index contributed by atoms with van der Waals surface area (Å²) >= 11 is 0. The van der Waals surface area contributed by atoms with E-state index in [4.69, 9.17) is 25.1 Å². The van der Waals surface area contributed by atoms with Crippen molar-refractivity contribution in [1.29, 1.82) is 0 Å². The van der Waals surface area contributed by atoms with Crippen molar-refractivity contribution in [2.75, 3.05) is 26.4 Å². The van der Waals surface area contributed by atoms with Gasteiger partial charge in [-0.25, -0.2) is 19.2 Å². The number of nitrogens with two attached hydrogens (primary N) is 1. The first-order valence-electron chi connectivity index (χ1n) is 26.8. The van der Waals surface area contributed by atoms with E-state index >= 15 is 0 Å². The van der Waals surface area contributed by atoms with E-state index < -0.39 is 5.97 Å². The number of carboxylic acids is 1. The molecule has 3 N–H and O–H groups in total. The standard InChI is InChI=1S/2C22H42O2.C8H15NO2.C5H8O2/c2*1-4-5-6-7-8-9-10-11-12-13-14-15-16-17-18-19-20-24-22(23)21(2)3;1-6(2)7(3)8(10)11-5-4-9;1-3-4(2)5(6)7/h2*2,4-20H2,1,3H3;6H,3-5,9H2,1-2H3;2-3H2,1H3,(H,6,7). The molecule has 0 saturated heterocycles. The predicted molar refractivity (Wildman–Crippen MR) is 282 cm³/mol. The number of carbonyl (C=O) groups excluding carboxylic acids is 3. The van der Waals surface area contributed by atoms with E-state index in [2.05, 4.69) is 40.2 Å². The Bertz CT molecular complexity index is 1130. The van der Waals surface area contributed by atoms with Crippen LogP contribution in [0, 0.1) is 5.92 Å². The lowest BCUT2D eigenvalue weighted by Crippen LogP contribution is -2.16. The third kappa shape index (κ3) is 58.8. The molecule has 0 amide bonds. The van der Waals surface area contributed by atoms with Crippen LogP contribution in [0.5, 0.6) is 0 Å². The molecular formula is C57H107NO8. The van der Waals surface area contributed by atoms with E-state index in [9.17, 15) is 19.2 Å². The molecule has 0 aromatic rings. The van der Waals surface area contributed by atoms with Gasteiger partial charge in [0.15, 0.2) is 0 Å². The molecule has 0 aliphatic heterocycles. The van der Waals surface area contributed by atoms with Crippen LogP contribution in [0.1, 0.15) is 260 Å². The maximum Gasteiger partial charge on any atom is 0.333 e. The van der Waals surface area contributed by atoms with Crippen LogP contribution < -0.4 is 5.73 Å². The molecule has 0 fully saturated rings. The van der Waals surface area contributed by atoms with Gasteiger partial charge in [-0.15, -0.1) is 0 Å². The first kappa shape index (κ1) is 69.4. The Hall–Kier alpha value is -3.20. The van der Waals surface area contributed by atoms with Gasteiger partial charge in [0.2, 0.25) is 0 Å². The van der Waals surface area contributed by atoms with Gasteiger partial charge < -0.3 is 25.1 Å². The fourth-order valence-corrected chi connectivity index (χ4v) is 6.51. The highest BCUT2D eigenvalue weighted by Gasteiger charge is 2.11. The average molecular weight is 934 g/mol. The van der Waals surface area contributed by atoms with Gasteiger partial charge in [-0.2, -0.15) is 0 Å². The van der Waals surface area contributed by atoms with E-state index in [0.717, 1.165) is 12.8 Å². The maximum atomic E-state index is 11.2. The average Bonchev–Trinajstić information content (AvgIpc) is 3.29. The third-order valence-electron chi connectivity index (χ3n) is 11.2. The summed E-state index contributed by atoms with van der Waals surface area (Å²) < 4.78 is 14.9. The quantitative estimate of drug-likeness (QED) is 0.0265. The van der Waals surface area contributed by atoms with Crippen LogP contribution >= 0.6 is 0 Å². The van der Waals surface area contributed by atoms with Gasteiger partial charge in [-0.05, 0) is 39.0 Å². The fourth-order valence-electron chi connectivity index (χ4n) is 6.51. The highest BCUT2D eigenvalue weighted by atomic mass is 16.5. The molecule has 0 unspecified atom stereocenters. The van der Waals surface area contributed by atoms with Crippen LogP contribution in [0.15, 0.2) is 48.6 Å². The van der Waals surface area contributed by atoms with E-state index in [1.165, 1.54) is 193 Å². The minimum absolute atomic E-state index is 0.139. The van der Waals surface area contributed by atoms with E-state index in [0.29, 0.717) is 42.9 Å². The normalized spacial score (nSPS) is 10.3. The smallest absolute Gasteiger partial charge is 0.333 e. The van der Waals surface area contributed by atoms with Crippen molar-refractivity contribution in [3.8, 4) is 0 Å². The molecular weight excluding hydrogens is 827 g/mol. The molecule has 9 nitrogen and oxygen atoms in total. The summed E-state index contributed by atoms with van der Waals surface area (Å²) in [6.07, 6.45) is 44.0. The first-order chi connectivity index (χ1) is 31.6. The zero-order valence-electron chi connectivity index (χ0n) is 44.5. The Balaban J connectivity index is -0.000000427. The largest absolute Gasteiger partial charge is 0.478 e. The number of esters is 3. The van der Waals surface area contributed by atoms with Gasteiger partial charge in [0.1, 0.15) is 6.61 Å². The summed E-state index contributed by atoms with van der Waals surface area (Å²) in [5.41, 5.74) is 6.89. The Morgan fingerprint density at radius 1 is 0.424 bits per heavy atom. The number of unbranched alkanes of at least 4 members (excludes halogenated alkanes) is 30. The van der Waals surface area contributed by atoms with Crippen LogP contribution in [-0.2, 0) is 33.4 Å². The Morgan fingerprint density at radius 3 is 0.848 bits per heavy atom. The van der Waals surface area contributed by atoms with Crippen LogP contribution in [0.3, 0.4) is 0 Å². The summed E-state index contributed by atoms with van der Waals surface area (Å²) in [6.45, 7) is 29.2. The highest BCUT2D eigenvalue weighted by Crippen LogP contribution is 2.16. The van der Waals surface area contributed by atoms with Gasteiger partial charge in [0.05, 0.1) is 13.2 Å². The van der Waals surface area contributed by atoms with Crippen LogP contribution in [0.2, 0.25) is 0 Å². The zero-order chi connectivity index (χ0) is 50.5. The van der Waals surface area contributed by atoms with Crippen molar-refractivity contribution in [2.24, 2.45) is 11.7 Å². The number of rotatable bonds is 42. The molecule has 0 rings (SSSR count). The highest BCUT2D eigenvalue weighted by molar-refractivity contribution is 5.88. The molecule has 0 saturated carbocycles. The molecule has 0 heterocycles. The predicted octanol–water partition coefficient (Wildman–Crippen LogP) is 16.5. The van der Waals surface area contributed by atoms with Crippen LogP contribution in [0.25, 0.3) is 0 Å². The second-order valence-electron chi connectivity index (χ2n) is 18.3. The molecule has 0 aliphatic carbocycles. The number of hydrogen-bond donors (Lipinski definition) is 2. The number of aliphatic carboxylic acids is 1. The van der Waals surface area contributed by atoms with Crippen molar-refractivity contribution in [2.45, 2.75) is 260 Å². The summed E-state index contributed by atoms with van der Waals surface area (Å²) in [6, 6.07) is 0. The van der Waals surface area contributed by atoms with E-state index in [-0.39, 0.29) is 36.0 Å². The molecule has 0 atom stereocenters. The van der Waals surface area contributed by atoms with Crippen LogP contribution in [0.4, 0.5) is 0 Å². The van der Waals surface area contributed by atoms with Crippen molar-refractivity contribution in [3.05, 3.63) is 48.6 Å². The minimum atomic E-state index is -0.900. The van der Waals surface area contributed by atoms with Crippen molar-refractivity contribution >= 4 is 23.9 Å². The molecule has 66 heavy (non-hydrogen) atoms. The number of carboxylic acid groups (broad SMARTS) is 1. The summed E-state index contributed by atoms with van der Waals surface area (Å²) in [4.78, 5) is 43.2. The SMILES string of the molecule is C=C(C(=O)OCCN)C(C)C.C=C(C)C(=O)OCCCCCCCCCCCCCCCCCC.C=C(C)C(=O)OCCCCCCCCCCCCCCCCCC.C=C(CC)C(=O)O. The zero-order valence-corrected chi connectivity index (χ0v) is 44.5. The second-order valence-corrected chi connectivity index (χ2v) is 18.3. The van der Waals surface area contributed by atoms with Gasteiger partial charge in [-0.3, -0.25) is 0 Å². The van der Waals surface area contributed by atoms with Gasteiger partial charge >= 0.3 is 23.9 Å². The van der Waals surface area contributed by atoms with E-state index in [1.807, 2.05) is 13.8 Å². The lowest BCUT2D eigenvalue weighted by Gasteiger charge is -2.07. The molecule has 0 aromatic heterocycles. The topological polar surface area (TPSA) is 142 Å². The van der Waals surface area contributed by atoms with Gasteiger partial charge in [0, 0.05) is 28.8 Å². The van der Waals surface area contributed by atoms with Crippen molar-refractivity contribution in [1.82, 2.24) is 0 Å². The third-order valence-corrected chi connectivity index (χ3v) is 11.2.